The topological polar surface area (TPSA) is 77.3 Å². The summed E-state index contributed by atoms with van der Waals surface area (Å²) < 4.78 is 8.12. The summed E-state index contributed by atoms with van der Waals surface area (Å²) in [7, 11) is 0. The number of piperidine rings is 1. The molecule has 7 nitrogen and oxygen atoms in total. The largest absolute Gasteiger partial charge is 0.376 e. The molecule has 1 amide bonds. The first-order valence-corrected chi connectivity index (χ1v) is 12.7. The molecule has 31 heavy (non-hydrogen) atoms. The molecule has 2 aliphatic heterocycles. The van der Waals surface area contributed by atoms with Crippen LogP contribution in [0.2, 0.25) is 0 Å². The first-order valence-electron chi connectivity index (χ1n) is 10.9. The van der Waals surface area contributed by atoms with Gasteiger partial charge < -0.3 is 9.64 Å². The molecule has 3 aromatic rings. The number of hydrogen-bond donors (Lipinski definition) is 0. The Kier molecular flexibility index (Phi) is 5.99. The maximum Gasteiger partial charge on any atom is 0.272 e. The normalized spacial score (nSPS) is 21.9. The highest BCUT2D eigenvalue weighted by Crippen LogP contribution is 2.31. The average molecular weight is 459 g/mol. The van der Waals surface area contributed by atoms with Crippen LogP contribution in [0.4, 0.5) is 0 Å². The number of thioether (sulfide) groups is 1. The van der Waals surface area contributed by atoms with E-state index in [-0.39, 0.29) is 29.4 Å². The van der Waals surface area contributed by atoms with Crippen LogP contribution in [0.3, 0.4) is 0 Å². The van der Waals surface area contributed by atoms with Crippen LogP contribution in [-0.4, -0.2) is 56.4 Å². The molecule has 9 heteroatoms. The molecule has 5 rings (SSSR count). The maximum atomic E-state index is 13.4. The number of likely N-dealkylation sites (tertiary alicyclic amines) is 1. The van der Waals surface area contributed by atoms with E-state index >= 15 is 0 Å². The summed E-state index contributed by atoms with van der Waals surface area (Å²) in [6.45, 7) is 4.14. The van der Waals surface area contributed by atoms with Gasteiger partial charge in [-0.2, -0.15) is 0 Å². The number of carbonyl (C=O) groups is 1. The minimum Gasteiger partial charge on any atom is -0.376 e. The van der Waals surface area contributed by atoms with Gasteiger partial charge in [-0.1, -0.05) is 11.8 Å². The molecule has 0 N–H and O–H groups in total. The van der Waals surface area contributed by atoms with Crippen molar-refractivity contribution in [2.24, 2.45) is 0 Å². The quantitative estimate of drug-likeness (QED) is 0.429. The van der Waals surface area contributed by atoms with E-state index in [9.17, 15) is 9.59 Å². The van der Waals surface area contributed by atoms with E-state index in [4.69, 9.17) is 9.72 Å². The average Bonchev–Trinajstić information content (AvgIpc) is 3.42. The highest BCUT2D eigenvalue weighted by Gasteiger charge is 2.25. The van der Waals surface area contributed by atoms with Gasteiger partial charge in [-0.25, -0.2) is 9.97 Å². The molecule has 0 unspecified atom stereocenters. The van der Waals surface area contributed by atoms with Gasteiger partial charge in [-0.15, -0.1) is 11.3 Å². The Hall–Kier alpha value is -1.97. The van der Waals surface area contributed by atoms with Crippen LogP contribution in [0.15, 0.2) is 28.3 Å². The molecule has 0 saturated carbocycles. The van der Waals surface area contributed by atoms with Gasteiger partial charge in [-0.3, -0.25) is 14.2 Å². The molecule has 0 radical (unpaired) electrons. The summed E-state index contributed by atoms with van der Waals surface area (Å²) in [5.41, 5.74) is 0.618. The van der Waals surface area contributed by atoms with E-state index in [0.717, 1.165) is 49.1 Å². The summed E-state index contributed by atoms with van der Waals surface area (Å²) in [4.78, 5) is 38.4. The molecule has 0 aromatic carbocycles. The number of pyridine rings is 1. The summed E-state index contributed by atoms with van der Waals surface area (Å²) in [6, 6.07) is 4.09. The van der Waals surface area contributed by atoms with Gasteiger partial charge in [0.2, 0.25) is 5.91 Å². The molecule has 0 spiro atoms. The van der Waals surface area contributed by atoms with Gasteiger partial charge in [0.05, 0.1) is 23.9 Å². The lowest BCUT2D eigenvalue weighted by Crippen LogP contribution is -2.43. The summed E-state index contributed by atoms with van der Waals surface area (Å²) >= 11 is 2.75. The first-order chi connectivity index (χ1) is 15.1. The van der Waals surface area contributed by atoms with Crippen molar-refractivity contribution in [1.82, 2.24) is 19.4 Å². The van der Waals surface area contributed by atoms with Gasteiger partial charge in [-0.05, 0) is 51.2 Å². The number of carbonyl (C=O) groups excluding carboxylic acids is 1. The van der Waals surface area contributed by atoms with Crippen LogP contribution in [0.5, 0.6) is 0 Å². The molecule has 5 heterocycles. The molecule has 2 atom stereocenters. The van der Waals surface area contributed by atoms with Crippen LogP contribution < -0.4 is 5.56 Å². The third kappa shape index (κ3) is 4.10. The number of nitrogens with zero attached hydrogens (tertiary/aromatic N) is 4. The first kappa shape index (κ1) is 20.9. The molecule has 3 aromatic heterocycles. The monoisotopic (exact) mass is 458 g/mol. The zero-order valence-corrected chi connectivity index (χ0v) is 19.2. The standard InChI is InChI=1S/C22H26N4O3S2/c1-14-6-2-3-10-25(14)17(27)13-30-22-24-18-16-8-4-9-23-20(16)31-19(18)21(28)26(22)12-15-7-5-11-29-15/h4,8-9,14-15H,2-3,5-7,10-13H2,1H3/t14-,15+/m1/s1. The van der Waals surface area contributed by atoms with E-state index in [1.807, 2.05) is 17.0 Å². The zero-order valence-electron chi connectivity index (χ0n) is 17.6. The number of fused-ring (bicyclic) bond motifs is 3. The lowest BCUT2D eigenvalue weighted by Gasteiger charge is -2.33. The number of amides is 1. The molecular formula is C22H26N4O3S2. The summed E-state index contributed by atoms with van der Waals surface area (Å²) in [5, 5.41) is 1.48. The highest BCUT2D eigenvalue weighted by atomic mass is 32.2. The van der Waals surface area contributed by atoms with E-state index in [1.165, 1.54) is 29.5 Å². The SMILES string of the molecule is C[C@@H]1CCCCN1C(=O)CSc1nc2c(sc3ncccc32)c(=O)n1C[C@@H]1CCCO1. The molecular weight excluding hydrogens is 432 g/mol. The Morgan fingerprint density at radius 3 is 3.03 bits per heavy atom. The molecule has 164 valence electrons. The second kappa shape index (κ2) is 8.88. The van der Waals surface area contributed by atoms with Crippen molar-refractivity contribution in [3.8, 4) is 0 Å². The van der Waals surface area contributed by atoms with E-state index < -0.39 is 0 Å². The Balaban J connectivity index is 1.50. The Bertz CT molecular complexity index is 1170. The third-order valence-electron chi connectivity index (χ3n) is 6.18. The fraction of sp³-hybridized carbons (Fsp3) is 0.545. The molecule has 0 bridgehead atoms. The molecule has 2 fully saturated rings. The number of thiophene rings is 1. The number of rotatable bonds is 5. The van der Waals surface area contributed by atoms with Gasteiger partial charge in [0, 0.05) is 30.8 Å². The third-order valence-corrected chi connectivity index (χ3v) is 8.23. The van der Waals surface area contributed by atoms with Crippen LogP contribution >= 0.6 is 23.1 Å². The van der Waals surface area contributed by atoms with Crippen LogP contribution in [-0.2, 0) is 16.1 Å². The predicted octanol–water partition coefficient (Wildman–Crippen LogP) is 3.68. The number of hydrogen-bond acceptors (Lipinski definition) is 7. The number of aromatic nitrogens is 3. The Labute approximate surface area is 188 Å². The minimum atomic E-state index is -0.0650. The van der Waals surface area contributed by atoms with Crippen molar-refractivity contribution in [3.05, 3.63) is 28.7 Å². The van der Waals surface area contributed by atoms with Crippen molar-refractivity contribution in [2.45, 2.75) is 62.9 Å². The predicted molar refractivity (Wildman–Crippen MR) is 124 cm³/mol. The van der Waals surface area contributed by atoms with Crippen molar-refractivity contribution in [1.29, 1.82) is 0 Å². The van der Waals surface area contributed by atoms with Gasteiger partial charge in [0.1, 0.15) is 9.53 Å². The van der Waals surface area contributed by atoms with Crippen LogP contribution in [0.1, 0.15) is 39.0 Å². The second-order valence-electron chi connectivity index (χ2n) is 8.30. The zero-order chi connectivity index (χ0) is 21.4. The van der Waals surface area contributed by atoms with Crippen molar-refractivity contribution < 1.29 is 9.53 Å². The maximum absolute atomic E-state index is 13.4. The van der Waals surface area contributed by atoms with Gasteiger partial charge in [0.15, 0.2) is 5.16 Å². The van der Waals surface area contributed by atoms with E-state index in [1.54, 1.807) is 10.8 Å². The molecule has 0 aliphatic carbocycles. The van der Waals surface area contributed by atoms with Crippen molar-refractivity contribution >= 4 is 49.4 Å². The lowest BCUT2D eigenvalue weighted by molar-refractivity contribution is -0.131. The smallest absolute Gasteiger partial charge is 0.272 e. The lowest BCUT2D eigenvalue weighted by atomic mass is 10.0. The van der Waals surface area contributed by atoms with Crippen molar-refractivity contribution in [3.63, 3.8) is 0 Å². The number of ether oxygens (including phenoxy) is 1. The fourth-order valence-corrected chi connectivity index (χ4v) is 6.40. The van der Waals surface area contributed by atoms with Crippen LogP contribution in [0, 0.1) is 0 Å². The Morgan fingerprint density at radius 1 is 1.32 bits per heavy atom. The Morgan fingerprint density at radius 2 is 2.23 bits per heavy atom. The minimum absolute atomic E-state index is 0.0154. The summed E-state index contributed by atoms with van der Waals surface area (Å²) in [5.74, 6) is 0.403. The fourth-order valence-electron chi connectivity index (χ4n) is 4.48. The van der Waals surface area contributed by atoms with Crippen molar-refractivity contribution in [2.75, 3.05) is 18.9 Å². The molecule has 2 aliphatic rings. The van der Waals surface area contributed by atoms with Gasteiger partial charge in [0.25, 0.3) is 5.56 Å². The van der Waals surface area contributed by atoms with Gasteiger partial charge >= 0.3 is 0 Å². The second-order valence-corrected chi connectivity index (χ2v) is 10.2. The van der Waals surface area contributed by atoms with E-state index in [2.05, 4.69) is 11.9 Å². The van der Waals surface area contributed by atoms with E-state index in [0.29, 0.717) is 21.9 Å². The summed E-state index contributed by atoms with van der Waals surface area (Å²) in [6.07, 6.45) is 6.98. The highest BCUT2D eigenvalue weighted by molar-refractivity contribution is 7.99. The molecule has 2 saturated heterocycles. The van der Waals surface area contributed by atoms with Crippen LogP contribution in [0.25, 0.3) is 20.4 Å².